The maximum Gasteiger partial charge on any atom is 0.416 e. The molecule has 0 radical (unpaired) electrons. The number of anilines is 1. The van der Waals surface area contributed by atoms with E-state index < -0.39 is 6.09 Å². The van der Waals surface area contributed by atoms with Crippen molar-refractivity contribution in [3.05, 3.63) is 23.2 Å². The van der Waals surface area contributed by atoms with Gasteiger partial charge in [-0.15, -0.1) is 11.8 Å². The molecule has 7 heteroatoms. The molecule has 0 bridgehead atoms. The van der Waals surface area contributed by atoms with Crippen molar-refractivity contribution < 1.29 is 14.3 Å². The van der Waals surface area contributed by atoms with Crippen molar-refractivity contribution in [2.75, 3.05) is 24.6 Å². The van der Waals surface area contributed by atoms with Crippen LogP contribution in [-0.2, 0) is 9.53 Å². The van der Waals surface area contributed by atoms with Crippen molar-refractivity contribution in [2.45, 2.75) is 4.90 Å². The number of hydrogen-bond acceptors (Lipinski definition) is 5. The Morgan fingerprint density at radius 2 is 2.33 bits per heavy atom. The van der Waals surface area contributed by atoms with Gasteiger partial charge in [0.2, 0.25) is 5.91 Å². The quantitative estimate of drug-likeness (QED) is 0.679. The molecule has 2 amide bonds. The van der Waals surface area contributed by atoms with Crippen molar-refractivity contribution in [1.29, 1.82) is 0 Å². The lowest BCUT2D eigenvalue weighted by Crippen LogP contribution is -2.32. The lowest BCUT2D eigenvalue weighted by Gasteiger charge is -2.10. The molecule has 1 saturated heterocycles. The largest absolute Gasteiger partial charge is 0.447 e. The molecule has 1 aliphatic rings. The zero-order chi connectivity index (χ0) is 13.1. The predicted molar refractivity (Wildman–Crippen MR) is 69.6 cm³/mol. The first-order chi connectivity index (χ1) is 8.58. The fourth-order valence-corrected chi connectivity index (χ4v) is 2.62. The van der Waals surface area contributed by atoms with Gasteiger partial charge in [-0.3, -0.25) is 4.79 Å². The number of imide groups is 1. The summed E-state index contributed by atoms with van der Waals surface area (Å²) >= 11 is 7.25. The summed E-state index contributed by atoms with van der Waals surface area (Å²) in [5.41, 5.74) is 6.14. The minimum atomic E-state index is -0.580. The molecular formula is C11H11ClN2O3S. The molecule has 18 heavy (non-hydrogen) atoms. The van der Waals surface area contributed by atoms with Gasteiger partial charge in [0, 0.05) is 10.6 Å². The number of hydrogen-bond donors (Lipinski definition) is 1. The molecule has 0 atom stereocenters. The van der Waals surface area contributed by atoms with Crippen molar-refractivity contribution >= 4 is 41.1 Å². The molecule has 0 saturated carbocycles. The Morgan fingerprint density at radius 3 is 2.94 bits per heavy atom. The van der Waals surface area contributed by atoms with Crippen molar-refractivity contribution in [1.82, 2.24) is 4.90 Å². The molecule has 0 spiro atoms. The maximum absolute atomic E-state index is 11.7. The molecular weight excluding hydrogens is 276 g/mol. The number of thioether (sulfide) groups is 1. The number of nitrogens with zero attached hydrogens (tertiary/aromatic N) is 1. The van der Waals surface area contributed by atoms with Gasteiger partial charge in [-0.25, -0.2) is 9.69 Å². The highest BCUT2D eigenvalue weighted by Crippen LogP contribution is 2.29. The van der Waals surface area contributed by atoms with E-state index in [1.165, 1.54) is 11.8 Å². The number of nitrogen functional groups attached to an aromatic ring is 1. The SMILES string of the molecule is Nc1ccc(SCC(=O)N2CCOC2=O)c(Cl)c1. The average molecular weight is 287 g/mol. The summed E-state index contributed by atoms with van der Waals surface area (Å²) in [6.07, 6.45) is -0.580. The van der Waals surface area contributed by atoms with Crippen LogP contribution >= 0.6 is 23.4 Å². The second-order valence-corrected chi connectivity index (χ2v) is 5.06. The zero-order valence-electron chi connectivity index (χ0n) is 9.39. The Hall–Kier alpha value is -1.40. The van der Waals surface area contributed by atoms with Crippen LogP contribution in [0.1, 0.15) is 0 Å². The molecule has 2 N–H and O–H groups in total. The van der Waals surface area contributed by atoms with Crippen LogP contribution in [0, 0.1) is 0 Å². The topological polar surface area (TPSA) is 72.6 Å². The van der Waals surface area contributed by atoms with Crippen LogP contribution in [0.15, 0.2) is 23.1 Å². The third-order valence-electron chi connectivity index (χ3n) is 2.37. The molecule has 1 fully saturated rings. The van der Waals surface area contributed by atoms with Gasteiger partial charge in [-0.1, -0.05) is 11.6 Å². The molecule has 0 aliphatic carbocycles. The number of nitrogens with two attached hydrogens (primary N) is 1. The number of carbonyl (C=O) groups excluding carboxylic acids is 2. The zero-order valence-corrected chi connectivity index (χ0v) is 11.0. The Bertz CT molecular complexity index is 495. The van der Waals surface area contributed by atoms with Crippen LogP contribution in [0.25, 0.3) is 0 Å². The molecule has 0 aromatic heterocycles. The first-order valence-corrected chi connectivity index (χ1v) is 6.59. The first-order valence-electron chi connectivity index (χ1n) is 5.23. The highest BCUT2D eigenvalue weighted by atomic mass is 35.5. The van der Waals surface area contributed by atoms with Crippen LogP contribution in [0.4, 0.5) is 10.5 Å². The molecule has 1 heterocycles. The number of rotatable bonds is 3. The molecule has 96 valence electrons. The van der Waals surface area contributed by atoms with Crippen LogP contribution in [0.5, 0.6) is 0 Å². The highest BCUT2D eigenvalue weighted by Gasteiger charge is 2.28. The number of cyclic esters (lactones) is 1. The summed E-state index contributed by atoms with van der Waals surface area (Å²) in [6, 6.07) is 5.08. The van der Waals surface area contributed by atoms with Gasteiger partial charge in [0.1, 0.15) is 6.61 Å². The molecule has 2 rings (SSSR count). The first kappa shape index (κ1) is 13.0. The second kappa shape index (κ2) is 5.49. The van der Waals surface area contributed by atoms with Gasteiger partial charge in [0.05, 0.1) is 17.3 Å². The standard InChI is InChI=1S/C11H11ClN2O3S/c12-8-5-7(13)1-2-9(8)18-6-10(15)14-3-4-17-11(14)16/h1-2,5H,3-4,6,13H2. The van der Waals surface area contributed by atoms with Crippen LogP contribution < -0.4 is 5.73 Å². The summed E-state index contributed by atoms with van der Waals surface area (Å²) in [6.45, 7) is 0.575. The fourth-order valence-electron chi connectivity index (χ4n) is 1.47. The molecule has 1 aliphatic heterocycles. The van der Waals surface area contributed by atoms with Crippen LogP contribution in [-0.4, -0.2) is 35.8 Å². The van der Waals surface area contributed by atoms with Gasteiger partial charge in [-0.2, -0.15) is 0 Å². The van der Waals surface area contributed by atoms with Crippen LogP contribution in [0.3, 0.4) is 0 Å². The molecule has 1 aromatic rings. The normalized spacial score (nSPS) is 14.7. The average Bonchev–Trinajstić information content (AvgIpc) is 2.74. The molecule has 5 nitrogen and oxygen atoms in total. The van der Waals surface area contributed by atoms with Crippen LogP contribution in [0.2, 0.25) is 5.02 Å². The van der Waals surface area contributed by atoms with E-state index in [2.05, 4.69) is 0 Å². The van der Waals surface area contributed by atoms with E-state index in [0.717, 1.165) is 9.80 Å². The maximum atomic E-state index is 11.7. The Kier molecular flexibility index (Phi) is 3.98. The number of halogens is 1. The van der Waals surface area contributed by atoms with E-state index in [9.17, 15) is 9.59 Å². The Balaban J connectivity index is 1.95. The lowest BCUT2D eigenvalue weighted by molar-refractivity contribution is -0.124. The van der Waals surface area contributed by atoms with Gasteiger partial charge >= 0.3 is 6.09 Å². The van der Waals surface area contributed by atoms with Gasteiger partial charge in [0.15, 0.2) is 0 Å². The summed E-state index contributed by atoms with van der Waals surface area (Å²) in [4.78, 5) is 24.8. The summed E-state index contributed by atoms with van der Waals surface area (Å²) in [5, 5.41) is 0.497. The monoisotopic (exact) mass is 286 g/mol. The number of amides is 2. The number of carbonyl (C=O) groups is 2. The lowest BCUT2D eigenvalue weighted by atomic mass is 10.3. The summed E-state index contributed by atoms with van der Waals surface area (Å²) < 4.78 is 4.69. The van der Waals surface area contributed by atoms with E-state index in [-0.39, 0.29) is 18.3 Å². The van der Waals surface area contributed by atoms with E-state index in [1.54, 1.807) is 18.2 Å². The number of ether oxygens (including phenoxy) is 1. The van der Waals surface area contributed by atoms with Gasteiger partial charge < -0.3 is 10.5 Å². The minimum absolute atomic E-state index is 0.138. The molecule has 1 aromatic carbocycles. The van der Waals surface area contributed by atoms with Gasteiger partial charge in [-0.05, 0) is 18.2 Å². The predicted octanol–water partition coefficient (Wildman–Crippen LogP) is 1.99. The van der Waals surface area contributed by atoms with Crippen molar-refractivity contribution in [3.8, 4) is 0 Å². The Morgan fingerprint density at radius 1 is 1.56 bits per heavy atom. The summed E-state index contributed by atoms with van der Waals surface area (Å²) in [7, 11) is 0. The second-order valence-electron chi connectivity index (χ2n) is 3.64. The summed E-state index contributed by atoms with van der Waals surface area (Å²) in [5.74, 6) is -0.144. The van der Waals surface area contributed by atoms with Crippen molar-refractivity contribution in [3.63, 3.8) is 0 Å². The fraction of sp³-hybridized carbons (Fsp3) is 0.273. The van der Waals surface area contributed by atoms with E-state index >= 15 is 0 Å². The smallest absolute Gasteiger partial charge is 0.416 e. The molecule has 0 unspecified atom stereocenters. The number of benzene rings is 1. The van der Waals surface area contributed by atoms with E-state index in [1.807, 2.05) is 0 Å². The third kappa shape index (κ3) is 2.88. The highest BCUT2D eigenvalue weighted by molar-refractivity contribution is 8.00. The Labute approximate surface area is 113 Å². The van der Waals surface area contributed by atoms with E-state index in [0.29, 0.717) is 17.3 Å². The van der Waals surface area contributed by atoms with Gasteiger partial charge in [0.25, 0.3) is 0 Å². The third-order valence-corrected chi connectivity index (χ3v) is 3.85. The minimum Gasteiger partial charge on any atom is -0.447 e. The van der Waals surface area contributed by atoms with E-state index in [4.69, 9.17) is 22.1 Å². The van der Waals surface area contributed by atoms with Crippen molar-refractivity contribution in [2.24, 2.45) is 0 Å².